The zero-order chi connectivity index (χ0) is 15.1. The molecule has 0 unspecified atom stereocenters. The van der Waals surface area contributed by atoms with Crippen molar-refractivity contribution in [2.45, 2.75) is 57.5 Å². The van der Waals surface area contributed by atoms with Crippen LogP contribution in [0.4, 0.5) is 0 Å². The third kappa shape index (κ3) is 2.42. The molecule has 0 bridgehead atoms. The second-order valence-corrected chi connectivity index (χ2v) is 6.31. The minimum atomic E-state index is -0.0302. The van der Waals surface area contributed by atoms with Gasteiger partial charge in [-0.15, -0.1) is 0 Å². The van der Waals surface area contributed by atoms with Gasteiger partial charge in [0.05, 0.1) is 5.69 Å². The largest absolute Gasteiger partial charge is 0.353 e. The van der Waals surface area contributed by atoms with E-state index in [1.165, 1.54) is 0 Å². The fraction of sp³-hybridized carbons (Fsp3) is 0.562. The van der Waals surface area contributed by atoms with Gasteiger partial charge in [-0.3, -0.25) is 9.59 Å². The normalized spacial score (nSPS) is 17.5. The monoisotopic (exact) mass is 300 g/mol. The van der Waals surface area contributed by atoms with Crippen molar-refractivity contribution in [1.29, 1.82) is 0 Å². The van der Waals surface area contributed by atoms with E-state index >= 15 is 0 Å². The summed E-state index contributed by atoms with van der Waals surface area (Å²) in [6.45, 7) is 0.424. The van der Waals surface area contributed by atoms with Crippen molar-refractivity contribution in [1.82, 2.24) is 19.5 Å². The first-order valence-electron chi connectivity index (χ1n) is 8.11. The second kappa shape index (κ2) is 5.26. The van der Waals surface area contributed by atoms with Crippen LogP contribution in [-0.4, -0.2) is 26.1 Å². The van der Waals surface area contributed by atoms with Crippen LogP contribution in [0.5, 0.6) is 0 Å². The predicted octanol–water partition coefficient (Wildman–Crippen LogP) is 1.04. The van der Waals surface area contributed by atoms with E-state index in [9.17, 15) is 9.59 Å². The van der Waals surface area contributed by atoms with Gasteiger partial charge in [-0.05, 0) is 38.5 Å². The summed E-state index contributed by atoms with van der Waals surface area (Å²) < 4.78 is 3.34. The number of fused-ring (bicyclic) bond motifs is 3. The molecule has 6 heteroatoms. The SMILES string of the molecule is O=C(CCn1ccn2nc3c(c2c1=O)CCCC3)NC1CC1. The highest BCUT2D eigenvalue weighted by atomic mass is 16.2. The van der Waals surface area contributed by atoms with Crippen molar-refractivity contribution in [2.24, 2.45) is 0 Å². The highest BCUT2D eigenvalue weighted by molar-refractivity contribution is 5.76. The lowest BCUT2D eigenvalue weighted by Crippen LogP contribution is -2.29. The van der Waals surface area contributed by atoms with E-state index in [1.807, 2.05) is 6.20 Å². The number of nitrogens with one attached hydrogen (secondary N) is 1. The lowest BCUT2D eigenvalue weighted by atomic mass is 9.97. The molecule has 1 saturated carbocycles. The van der Waals surface area contributed by atoms with Gasteiger partial charge in [0.25, 0.3) is 5.56 Å². The number of nitrogens with zero attached hydrogens (tertiary/aromatic N) is 3. The molecule has 6 nitrogen and oxygen atoms in total. The standard InChI is InChI=1S/C16H20N4O2/c21-14(17-11-5-6-11)7-8-19-9-10-20-15(16(19)22)12-3-1-2-4-13(12)18-20/h9-11H,1-8H2,(H,17,21). The van der Waals surface area contributed by atoms with Crippen molar-refractivity contribution < 1.29 is 4.79 Å². The average molecular weight is 300 g/mol. The lowest BCUT2D eigenvalue weighted by Gasteiger charge is -2.09. The molecule has 0 aliphatic heterocycles. The van der Waals surface area contributed by atoms with Crippen LogP contribution in [0.2, 0.25) is 0 Å². The van der Waals surface area contributed by atoms with Gasteiger partial charge in [-0.1, -0.05) is 0 Å². The van der Waals surface area contributed by atoms with Gasteiger partial charge < -0.3 is 9.88 Å². The Morgan fingerprint density at radius 2 is 2.09 bits per heavy atom. The quantitative estimate of drug-likeness (QED) is 0.917. The Morgan fingerprint density at radius 1 is 1.27 bits per heavy atom. The Labute approximate surface area is 128 Å². The number of carbonyl (C=O) groups excluding carboxylic acids is 1. The first-order valence-corrected chi connectivity index (χ1v) is 8.11. The summed E-state index contributed by atoms with van der Waals surface area (Å²) in [6.07, 6.45) is 10.2. The van der Waals surface area contributed by atoms with E-state index in [4.69, 9.17) is 0 Å². The van der Waals surface area contributed by atoms with Crippen LogP contribution < -0.4 is 10.9 Å². The Kier molecular flexibility index (Phi) is 3.24. The fourth-order valence-electron chi connectivity index (χ4n) is 3.18. The topological polar surface area (TPSA) is 68.4 Å². The molecule has 2 heterocycles. The lowest BCUT2D eigenvalue weighted by molar-refractivity contribution is -0.121. The number of aromatic nitrogens is 3. The molecule has 2 aromatic rings. The molecule has 4 rings (SSSR count). The highest BCUT2D eigenvalue weighted by Gasteiger charge is 2.23. The van der Waals surface area contributed by atoms with Crippen molar-refractivity contribution in [2.75, 3.05) is 0 Å². The minimum absolute atomic E-state index is 0.0302. The fourth-order valence-corrected chi connectivity index (χ4v) is 3.18. The number of hydrogen-bond acceptors (Lipinski definition) is 3. The van der Waals surface area contributed by atoms with E-state index in [2.05, 4.69) is 10.4 Å². The molecule has 1 amide bonds. The average Bonchev–Trinajstić information content (AvgIpc) is 3.24. The molecule has 22 heavy (non-hydrogen) atoms. The highest BCUT2D eigenvalue weighted by Crippen LogP contribution is 2.22. The predicted molar refractivity (Wildman–Crippen MR) is 81.9 cm³/mol. The molecule has 0 aromatic carbocycles. The molecule has 0 radical (unpaired) electrons. The number of aryl methyl sites for hydroxylation is 3. The summed E-state index contributed by atoms with van der Waals surface area (Å²) in [5.74, 6) is 0.0322. The van der Waals surface area contributed by atoms with E-state index in [1.54, 1.807) is 15.3 Å². The van der Waals surface area contributed by atoms with Crippen LogP contribution in [0.3, 0.4) is 0 Å². The molecular formula is C16H20N4O2. The van der Waals surface area contributed by atoms with Gasteiger partial charge in [0.1, 0.15) is 5.52 Å². The Bertz CT molecular complexity index is 785. The summed E-state index contributed by atoms with van der Waals surface area (Å²) in [5.41, 5.74) is 2.83. The summed E-state index contributed by atoms with van der Waals surface area (Å²) in [5, 5.41) is 7.48. The van der Waals surface area contributed by atoms with Gasteiger partial charge in [0.15, 0.2) is 0 Å². The number of hydrogen-bond donors (Lipinski definition) is 1. The molecule has 0 spiro atoms. The van der Waals surface area contributed by atoms with Gasteiger partial charge >= 0.3 is 0 Å². The smallest absolute Gasteiger partial charge is 0.276 e. The van der Waals surface area contributed by atoms with Gasteiger partial charge in [0.2, 0.25) is 5.91 Å². The second-order valence-electron chi connectivity index (χ2n) is 6.31. The van der Waals surface area contributed by atoms with Crippen LogP contribution >= 0.6 is 0 Å². The van der Waals surface area contributed by atoms with E-state index < -0.39 is 0 Å². The van der Waals surface area contributed by atoms with E-state index in [0.717, 1.165) is 49.8 Å². The van der Waals surface area contributed by atoms with Crippen molar-refractivity contribution in [3.8, 4) is 0 Å². The van der Waals surface area contributed by atoms with Crippen LogP contribution in [0.1, 0.15) is 43.4 Å². The molecule has 1 fully saturated rings. The molecule has 2 aromatic heterocycles. The molecule has 116 valence electrons. The van der Waals surface area contributed by atoms with E-state index in [0.29, 0.717) is 24.5 Å². The van der Waals surface area contributed by atoms with E-state index in [-0.39, 0.29) is 11.5 Å². The minimum Gasteiger partial charge on any atom is -0.353 e. The first-order chi connectivity index (χ1) is 10.7. The van der Waals surface area contributed by atoms with Crippen molar-refractivity contribution in [3.05, 3.63) is 34.0 Å². The summed E-state index contributed by atoms with van der Waals surface area (Å²) in [7, 11) is 0. The summed E-state index contributed by atoms with van der Waals surface area (Å²) >= 11 is 0. The maximum Gasteiger partial charge on any atom is 0.276 e. The first kappa shape index (κ1) is 13.5. The van der Waals surface area contributed by atoms with Gasteiger partial charge in [-0.25, -0.2) is 4.52 Å². The van der Waals surface area contributed by atoms with Gasteiger partial charge in [0, 0.05) is 37.0 Å². The maximum absolute atomic E-state index is 12.7. The van der Waals surface area contributed by atoms with Crippen molar-refractivity contribution >= 4 is 11.4 Å². The Balaban J connectivity index is 1.59. The Hall–Kier alpha value is -2.11. The zero-order valence-electron chi connectivity index (χ0n) is 12.5. The van der Waals surface area contributed by atoms with Crippen molar-refractivity contribution in [3.63, 3.8) is 0 Å². The number of amides is 1. The van der Waals surface area contributed by atoms with Crippen LogP contribution in [0.15, 0.2) is 17.2 Å². The molecule has 2 aliphatic rings. The third-order valence-corrected chi connectivity index (χ3v) is 4.56. The summed E-state index contributed by atoms with van der Waals surface area (Å²) in [4.78, 5) is 24.5. The van der Waals surface area contributed by atoms with Gasteiger partial charge in [-0.2, -0.15) is 5.10 Å². The molecule has 0 atom stereocenters. The van der Waals surface area contributed by atoms with Crippen LogP contribution in [0.25, 0.3) is 5.52 Å². The molecule has 2 aliphatic carbocycles. The molecular weight excluding hydrogens is 280 g/mol. The molecule has 1 N–H and O–H groups in total. The third-order valence-electron chi connectivity index (χ3n) is 4.56. The van der Waals surface area contributed by atoms with Crippen LogP contribution in [-0.2, 0) is 24.2 Å². The zero-order valence-corrected chi connectivity index (χ0v) is 12.5. The number of carbonyl (C=O) groups is 1. The maximum atomic E-state index is 12.7. The number of rotatable bonds is 4. The van der Waals surface area contributed by atoms with Crippen LogP contribution in [0, 0.1) is 0 Å². The Morgan fingerprint density at radius 3 is 2.91 bits per heavy atom. The summed E-state index contributed by atoms with van der Waals surface area (Å²) in [6, 6.07) is 0.369. The molecule has 0 saturated heterocycles.